The fourth-order valence-corrected chi connectivity index (χ4v) is 5.32. The average Bonchev–Trinajstić information content (AvgIpc) is 3.27. The SMILES string of the molecule is CC#CCn1c(N2CCC[C@@H](N)C2)c(C(=O)N(C)C)c2c1c(=O)n(Cc1ccc3nccnc3c1)c(=O)n2C. The minimum atomic E-state index is -0.514. The van der Waals surface area contributed by atoms with Gasteiger partial charge in [0.1, 0.15) is 16.9 Å². The number of hydrogen-bond donors (Lipinski definition) is 1. The molecule has 1 aromatic carbocycles. The smallest absolute Gasteiger partial charge is 0.331 e. The lowest BCUT2D eigenvalue weighted by molar-refractivity contribution is 0.0829. The number of hydrogen-bond acceptors (Lipinski definition) is 7. The van der Waals surface area contributed by atoms with E-state index in [1.165, 1.54) is 14.0 Å². The van der Waals surface area contributed by atoms with E-state index in [0.29, 0.717) is 35.5 Å². The second-order valence-corrected chi connectivity index (χ2v) is 10.1. The van der Waals surface area contributed by atoms with E-state index < -0.39 is 11.2 Å². The molecule has 1 aliphatic rings. The molecular weight excluding hydrogens is 496 g/mol. The number of rotatable bonds is 5. The Balaban J connectivity index is 1.81. The molecule has 2 N–H and O–H groups in total. The van der Waals surface area contributed by atoms with Gasteiger partial charge in [0.05, 0.1) is 29.6 Å². The van der Waals surface area contributed by atoms with Crippen LogP contribution in [0, 0.1) is 11.8 Å². The summed E-state index contributed by atoms with van der Waals surface area (Å²) < 4.78 is 4.38. The minimum Gasteiger partial charge on any atom is -0.356 e. The Hall–Kier alpha value is -4.43. The number of piperidine rings is 1. The highest BCUT2D eigenvalue weighted by atomic mass is 16.2. The highest BCUT2D eigenvalue weighted by molar-refractivity contribution is 6.10. The maximum absolute atomic E-state index is 14.1. The second-order valence-electron chi connectivity index (χ2n) is 10.1. The molecule has 0 aliphatic carbocycles. The third kappa shape index (κ3) is 4.57. The van der Waals surface area contributed by atoms with E-state index in [1.807, 2.05) is 18.2 Å². The first-order valence-electron chi connectivity index (χ1n) is 12.9. The third-order valence-electron chi connectivity index (χ3n) is 7.18. The van der Waals surface area contributed by atoms with Gasteiger partial charge in [0.15, 0.2) is 0 Å². The lowest BCUT2D eigenvalue weighted by Crippen LogP contribution is -2.44. The van der Waals surface area contributed by atoms with Crippen molar-refractivity contribution in [2.45, 2.75) is 38.9 Å². The Kier molecular flexibility index (Phi) is 6.97. The summed E-state index contributed by atoms with van der Waals surface area (Å²) in [5, 5.41) is 0. The van der Waals surface area contributed by atoms with E-state index in [1.54, 1.807) is 45.0 Å². The van der Waals surface area contributed by atoms with Crippen LogP contribution in [0.3, 0.4) is 0 Å². The molecule has 0 unspecified atom stereocenters. The van der Waals surface area contributed by atoms with Crippen molar-refractivity contribution < 1.29 is 4.79 Å². The monoisotopic (exact) mass is 528 g/mol. The Morgan fingerprint density at radius 1 is 1.13 bits per heavy atom. The van der Waals surface area contributed by atoms with Gasteiger partial charge < -0.3 is 20.1 Å². The summed E-state index contributed by atoms with van der Waals surface area (Å²) in [6, 6.07) is 5.40. The molecule has 11 nitrogen and oxygen atoms in total. The molecule has 4 heterocycles. The number of nitrogens with two attached hydrogens (primary N) is 1. The molecule has 39 heavy (non-hydrogen) atoms. The first kappa shape index (κ1) is 26.2. The number of nitrogens with zero attached hydrogens (tertiary/aromatic N) is 7. The maximum Gasteiger partial charge on any atom is 0.331 e. The predicted molar refractivity (Wildman–Crippen MR) is 151 cm³/mol. The van der Waals surface area contributed by atoms with Crippen molar-refractivity contribution in [2.24, 2.45) is 12.8 Å². The number of carbonyl (C=O) groups excluding carboxylic acids is 1. The van der Waals surface area contributed by atoms with E-state index >= 15 is 0 Å². The van der Waals surface area contributed by atoms with Crippen LogP contribution < -0.4 is 21.9 Å². The predicted octanol–water partition coefficient (Wildman–Crippen LogP) is 1.15. The summed E-state index contributed by atoms with van der Waals surface area (Å²) in [6.07, 6.45) is 4.95. The molecule has 0 spiro atoms. The van der Waals surface area contributed by atoms with Gasteiger partial charge in [-0.3, -0.25) is 28.7 Å². The first-order chi connectivity index (χ1) is 18.7. The van der Waals surface area contributed by atoms with Crippen LogP contribution in [-0.2, 0) is 20.1 Å². The molecule has 1 aliphatic heterocycles. The van der Waals surface area contributed by atoms with Gasteiger partial charge in [-0.2, -0.15) is 0 Å². The van der Waals surface area contributed by atoms with Crippen molar-refractivity contribution in [1.82, 2.24) is 28.6 Å². The molecule has 0 bridgehead atoms. The summed E-state index contributed by atoms with van der Waals surface area (Å²) in [4.78, 5) is 53.6. The number of aromatic nitrogens is 5. The molecule has 11 heteroatoms. The fourth-order valence-electron chi connectivity index (χ4n) is 5.32. The van der Waals surface area contributed by atoms with Crippen LogP contribution in [0.25, 0.3) is 22.1 Å². The molecule has 0 radical (unpaired) electrons. The summed E-state index contributed by atoms with van der Waals surface area (Å²) >= 11 is 0. The van der Waals surface area contributed by atoms with Gasteiger partial charge in [-0.15, -0.1) is 5.92 Å². The molecule has 1 saturated heterocycles. The molecule has 1 atom stereocenters. The van der Waals surface area contributed by atoms with Crippen LogP contribution in [0.4, 0.5) is 5.82 Å². The third-order valence-corrected chi connectivity index (χ3v) is 7.18. The second kappa shape index (κ2) is 10.4. The van der Waals surface area contributed by atoms with E-state index in [2.05, 4.69) is 26.7 Å². The molecule has 0 saturated carbocycles. The Labute approximate surface area is 225 Å². The highest BCUT2D eigenvalue weighted by Crippen LogP contribution is 2.33. The van der Waals surface area contributed by atoms with Crippen molar-refractivity contribution in [1.29, 1.82) is 0 Å². The van der Waals surface area contributed by atoms with Crippen LogP contribution in [0.1, 0.15) is 35.7 Å². The van der Waals surface area contributed by atoms with E-state index in [-0.39, 0.29) is 30.6 Å². The average molecular weight is 529 g/mol. The topological polar surface area (TPSA) is 124 Å². The quantitative estimate of drug-likeness (QED) is 0.385. The van der Waals surface area contributed by atoms with Crippen LogP contribution in [0.2, 0.25) is 0 Å². The molecular formula is C28H32N8O3. The summed E-state index contributed by atoms with van der Waals surface area (Å²) in [5.41, 5.74) is 8.33. The standard InChI is InChI=1S/C28H32N8O3/c1-5-6-14-35-24-23(22(26(37)32(2)3)25(35)34-13-7-8-19(29)17-34)33(4)28(39)36(27(24)38)16-18-9-10-20-21(15-18)31-12-11-30-20/h9-12,15,19H,7-8,13-14,16-17,29H2,1-4H3/t19-/m1/s1. The zero-order valence-corrected chi connectivity index (χ0v) is 22.6. The number of carbonyl (C=O) groups is 1. The number of fused-ring (bicyclic) bond motifs is 2. The van der Waals surface area contributed by atoms with Crippen molar-refractivity contribution >= 4 is 33.8 Å². The number of amides is 1. The summed E-state index contributed by atoms with van der Waals surface area (Å²) in [5.74, 6) is 6.24. The van der Waals surface area contributed by atoms with Gasteiger partial charge in [-0.25, -0.2) is 4.79 Å². The fraction of sp³-hybridized carbons (Fsp3) is 0.393. The van der Waals surface area contributed by atoms with Gasteiger partial charge in [0, 0.05) is 52.7 Å². The largest absolute Gasteiger partial charge is 0.356 e. The molecule has 3 aromatic heterocycles. The van der Waals surface area contributed by atoms with Crippen LogP contribution in [0.5, 0.6) is 0 Å². The Morgan fingerprint density at radius 3 is 2.56 bits per heavy atom. The molecule has 1 fully saturated rings. The molecule has 202 valence electrons. The van der Waals surface area contributed by atoms with Gasteiger partial charge in [-0.05, 0) is 37.5 Å². The van der Waals surface area contributed by atoms with Crippen molar-refractivity contribution in [3.05, 3.63) is 62.6 Å². The molecule has 4 aromatic rings. The summed E-state index contributed by atoms with van der Waals surface area (Å²) in [6.45, 7) is 3.17. The minimum absolute atomic E-state index is 0.0412. The van der Waals surface area contributed by atoms with Crippen LogP contribution in [-0.4, -0.2) is 67.7 Å². The van der Waals surface area contributed by atoms with Crippen molar-refractivity contribution in [3.8, 4) is 11.8 Å². The maximum atomic E-state index is 14.1. The zero-order chi connectivity index (χ0) is 27.8. The Morgan fingerprint density at radius 2 is 1.87 bits per heavy atom. The van der Waals surface area contributed by atoms with Crippen LogP contribution >= 0.6 is 0 Å². The van der Waals surface area contributed by atoms with Gasteiger partial charge in [0.25, 0.3) is 11.5 Å². The first-order valence-corrected chi connectivity index (χ1v) is 12.9. The highest BCUT2D eigenvalue weighted by Gasteiger charge is 2.33. The lowest BCUT2D eigenvalue weighted by Gasteiger charge is -2.34. The van der Waals surface area contributed by atoms with Gasteiger partial charge in [0.2, 0.25) is 0 Å². The number of benzene rings is 1. The van der Waals surface area contributed by atoms with E-state index in [0.717, 1.165) is 23.9 Å². The van der Waals surface area contributed by atoms with E-state index in [4.69, 9.17) is 5.73 Å². The van der Waals surface area contributed by atoms with Gasteiger partial charge in [-0.1, -0.05) is 12.0 Å². The lowest BCUT2D eigenvalue weighted by atomic mass is 10.1. The summed E-state index contributed by atoms with van der Waals surface area (Å²) in [7, 11) is 4.91. The number of anilines is 1. The van der Waals surface area contributed by atoms with Gasteiger partial charge >= 0.3 is 5.69 Å². The van der Waals surface area contributed by atoms with Crippen LogP contribution in [0.15, 0.2) is 40.2 Å². The van der Waals surface area contributed by atoms with Crippen molar-refractivity contribution in [3.63, 3.8) is 0 Å². The van der Waals surface area contributed by atoms with E-state index in [9.17, 15) is 14.4 Å². The normalized spacial score (nSPS) is 15.4. The van der Waals surface area contributed by atoms with Crippen molar-refractivity contribution in [2.75, 3.05) is 32.1 Å². The Bertz CT molecular complexity index is 1770. The molecule has 5 rings (SSSR count). The zero-order valence-electron chi connectivity index (χ0n) is 22.6. The number of aryl methyl sites for hydroxylation is 1. The molecule has 1 amide bonds.